The molecule has 3 rings (SSSR count). The molecule has 5 heteroatoms. The van der Waals surface area contributed by atoms with Crippen LogP contribution < -0.4 is 10.2 Å². The Bertz CT molecular complexity index is 751. The Kier molecular flexibility index (Phi) is 5.34. The van der Waals surface area contributed by atoms with E-state index in [0.717, 1.165) is 49.7 Å². The van der Waals surface area contributed by atoms with E-state index in [1.165, 1.54) is 5.56 Å². The van der Waals surface area contributed by atoms with Crippen LogP contribution in [-0.2, 0) is 0 Å². The molecule has 0 bridgehead atoms. The van der Waals surface area contributed by atoms with Crippen molar-refractivity contribution in [1.29, 1.82) is 0 Å². The second kappa shape index (κ2) is 7.66. The van der Waals surface area contributed by atoms with Gasteiger partial charge in [-0.1, -0.05) is 24.6 Å². The van der Waals surface area contributed by atoms with Crippen LogP contribution in [0.3, 0.4) is 0 Å². The summed E-state index contributed by atoms with van der Waals surface area (Å²) in [4.78, 5) is 21.6. The van der Waals surface area contributed by atoms with E-state index in [0.29, 0.717) is 5.56 Å². The number of anilines is 2. The number of aromatic nitrogens is 1. The first-order valence-corrected chi connectivity index (χ1v) is 8.88. The summed E-state index contributed by atoms with van der Waals surface area (Å²) in [5, 5.41) is 2.99. The highest BCUT2D eigenvalue weighted by molar-refractivity contribution is 6.05. The van der Waals surface area contributed by atoms with Crippen molar-refractivity contribution in [1.82, 2.24) is 9.88 Å². The van der Waals surface area contributed by atoms with Crippen LogP contribution in [0.15, 0.2) is 36.7 Å². The quantitative estimate of drug-likeness (QED) is 0.931. The van der Waals surface area contributed by atoms with E-state index in [4.69, 9.17) is 0 Å². The number of carbonyl (C=O) groups excluding carboxylic acids is 1. The predicted octanol–water partition coefficient (Wildman–Crippen LogP) is 3.09. The molecule has 1 saturated heterocycles. The van der Waals surface area contributed by atoms with E-state index in [9.17, 15) is 4.79 Å². The fourth-order valence-corrected chi connectivity index (χ4v) is 3.20. The number of pyridine rings is 1. The number of hydrogen-bond donors (Lipinski definition) is 1. The number of likely N-dealkylation sites (N-methyl/N-ethyl adjacent to an activating group) is 1. The molecule has 0 unspecified atom stereocenters. The molecule has 1 aromatic heterocycles. The van der Waals surface area contributed by atoms with Gasteiger partial charge in [0, 0.05) is 38.1 Å². The molecule has 5 nitrogen and oxygen atoms in total. The van der Waals surface area contributed by atoms with Gasteiger partial charge in [0.2, 0.25) is 0 Å². The molecule has 1 aliphatic rings. The first-order valence-electron chi connectivity index (χ1n) is 8.88. The highest BCUT2D eigenvalue weighted by atomic mass is 16.1. The van der Waals surface area contributed by atoms with Crippen LogP contribution in [0.1, 0.15) is 28.4 Å². The van der Waals surface area contributed by atoms with Crippen LogP contribution in [0.4, 0.5) is 11.4 Å². The Morgan fingerprint density at radius 3 is 2.56 bits per heavy atom. The molecular formula is C20H26N4O. The zero-order chi connectivity index (χ0) is 17.8. The van der Waals surface area contributed by atoms with Gasteiger partial charge in [0.25, 0.3) is 5.91 Å². The van der Waals surface area contributed by atoms with Crippen LogP contribution in [0.25, 0.3) is 0 Å². The minimum Gasteiger partial charge on any atom is -0.368 e. The van der Waals surface area contributed by atoms with Crippen LogP contribution in [0, 0.1) is 13.8 Å². The Morgan fingerprint density at radius 2 is 1.88 bits per heavy atom. The number of nitrogens with one attached hydrogen (secondary N) is 1. The Morgan fingerprint density at radius 1 is 1.12 bits per heavy atom. The minimum absolute atomic E-state index is 0.117. The zero-order valence-corrected chi connectivity index (χ0v) is 15.2. The van der Waals surface area contributed by atoms with Crippen molar-refractivity contribution in [2.45, 2.75) is 20.8 Å². The summed E-state index contributed by atoms with van der Waals surface area (Å²) >= 11 is 0. The number of aryl methyl sites for hydroxylation is 2. The van der Waals surface area contributed by atoms with Gasteiger partial charge in [-0.15, -0.1) is 0 Å². The van der Waals surface area contributed by atoms with Crippen molar-refractivity contribution in [3.05, 3.63) is 53.3 Å². The number of piperazine rings is 1. The molecule has 1 aromatic carbocycles. The van der Waals surface area contributed by atoms with E-state index in [-0.39, 0.29) is 5.91 Å². The van der Waals surface area contributed by atoms with Gasteiger partial charge in [0.1, 0.15) is 0 Å². The third-order valence-electron chi connectivity index (χ3n) is 4.80. The molecular weight excluding hydrogens is 312 g/mol. The standard InChI is InChI=1S/C20H26N4O/c1-4-23-7-9-24(10-8-23)18-12-17(13-21-14-18)20(25)22-19-6-5-15(2)11-16(19)3/h5-6,11-14H,4,7-10H2,1-3H3,(H,22,25). The SMILES string of the molecule is CCN1CCN(c2cncc(C(=O)Nc3ccc(C)cc3C)c2)CC1. The number of amides is 1. The smallest absolute Gasteiger partial charge is 0.257 e. The molecule has 25 heavy (non-hydrogen) atoms. The summed E-state index contributed by atoms with van der Waals surface area (Å²) in [6, 6.07) is 7.96. The number of hydrogen-bond acceptors (Lipinski definition) is 4. The van der Waals surface area contributed by atoms with Gasteiger partial charge in [-0.3, -0.25) is 9.78 Å². The fourth-order valence-electron chi connectivity index (χ4n) is 3.20. The van der Waals surface area contributed by atoms with Crippen molar-refractivity contribution in [2.24, 2.45) is 0 Å². The van der Waals surface area contributed by atoms with Gasteiger partial charge < -0.3 is 15.1 Å². The lowest BCUT2D eigenvalue weighted by Crippen LogP contribution is -2.46. The van der Waals surface area contributed by atoms with Gasteiger partial charge in [-0.05, 0) is 38.1 Å². The second-order valence-electron chi connectivity index (χ2n) is 6.63. The summed E-state index contributed by atoms with van der Waals surface area (Å²) < 4.78 is 0. The number of nitrogens with zero attached hydrogens (tertiary/aromatic N) is 3. The van der Waals surface area contributed by atoms with E-state index in [1.807, 2.05) is 38.2 Å². The van der Waals surface area contributed by atoms with Gasteiger partial charge in [0.15, 0.2) is 0 Å². The topological polar surface area (TPSA) is 48.5 Å². The van der Waals surface area contributed by atoms with Crippen molar-refractivity contribution in [3.63, 3.8) is 0 Å². The molecule has 1 aliphatic heterocycles. The molecule has 2 aromatic rings. The van der Waals surface area contributed by atoms with Crippen LogP contribution >= 0.6 is 0 Å². The highest BCUT2D eigenvalue weighted by Gasteiger charge is 2.17. The first kappa shape index (κ1) is 17.4. The molecule has 132 valence electrons. The van der Waals surface area contributed by atoms with E-state index < -0.39 is 0 Å². The molecule has 1 N–H and O–H groups in total. The fraction of sp³-hybridized carbons (Fsp3) is 0.400. The molecule has 2 heterocycles. The average Bonchev–Trinajstić information content (AvgIpc) is 2.64. The summed E-state index contributed by atoms with van der Waals surface area (Å²) in [6.07, 6.45) is 3.47. The third kappa shape index (κ3) is 4.17. The maximum Gasteiger partial charge on any atom is 0.257 e. The van der Waals surface area contributed by atoms with E-state index in [2.05, 4.69) is 33.1 Å². The van der Waals surface area contributed by atoms with Crippen molar-refractivity contribution >= 4 is 17.3 Å². The average molecular weight is 338 g/mol. The largest absolute Gasteiger partial charge is 0.368 e. The predicted molar refractivity (Wildman–Crippen MR) is 102 cm³/mol. The number of carbonyl (C=O) groups is 1. The lowest BCUT2D eigenvalue weighted by molar-refractivity contribution is 0.102. The van der Waals surface area contributed by atoms with Crippen LogP contribution in [0.2, 0.25) is 0 Å². The molecule has 0 radical (unpaired) electrons. The van der Waals surface area contributed by atoms with Crippen molar-refractivity contribution < 1.29 is 4.79 Å². The summed E-state index contributed by atoms with van der Waals surface area (Å²) in [5.41, 5.74) is 4.70. The van der Waals surface area contributed by atoms with Gasteiger partial charge in [-0.2, -0.15) is 0 Å². The summed E-state index contributed by atoms with van der Waals surface area (Å²) in [6.45, 7) is 11.4. The maximum absolute atomic E-state index is 12.6. The zero-order valence-electron chi connectivity index (χ0n) is 15.2. The van der Waals surface area contributed by atoms with E-state index >= 15 is 0 Å². The van der Waals surface area contributed by atoms with Crippen molar-refractivity contribution in [2.75, 3.05) is 42.9 Å². The van der Waals surface area contributed by atoms with Crippen molar-refractivity contribution in [3.8, 4) is 0 Å². The molecule has 1 fully saturated rings. The maximum atomic E-state index is 12.6. The summed E-state index contributed by atoms with van der Waals surface area (Å²) in [5.74, 6) is -0.117. The molecule has 0 atom stereocenters. The summed E-state index contributed by atoms with van der Waals surface area (Å²) in [7, 11) is 0. The highest BCUT2D eigenvalue weighted by Crippen LogP contribution is 2.20. The third-order valence-corrected chi connectivity index (χ3v) is 4.80. The Hall–Kier alpha value is -2.40. The normalized spacial score (nSPS) is 15.2. The van der Waals surface area contributed by atoms with Gasteiger partial charge >= 0.3 is 0 Å². The molecule has 0 aliphatic carbocycles. The molecule has 0 spiro atoms. The van der Waals surface area contributed by atoms with E-state index in [1.54, 1.807) is 6.20 Å². The number of benzene rings is 1. The number of rotatable bonds is 4. The first-order chi connectivity index (χ1) is 12.1. The second-order valence-corrected chi connectivity index (χ2v) is 6.63. The Balaban J connectivity index is 1.71. The lowest BCUT2D eigenvalue weighted by Gasteiger charge is -2.35. The molecule has 0 saturated carbocycles. The lowest BCUT2D eigenvalue weighted by atomic mass is 10.1. The van der Waals surface area contributed by atoms with Gasteiger partial charge in [0.05, 0.1) is 17.4 Å². The monoisotopic (exact) mass is 338 g/mol. The van der Waals surface area contributed by atoms with Crippen LogP contribution in [0.5, 0.6) is 0 Å². The van der Waals surface area contributed by atoms with Crippen LogP contribution in [-0.4, -0.2) is 48.5 Å². The van der Waals surface area contributed by atoms with Gasteiger partial charge in [-0.25, -0.2) is 0 Å². The molecule has 1 amide bonds. The minimum atomic E-state index is -0.117. The Labute approximate surface area is 149 Å².